The third-order valence-electron chi connectivity index (χ3n) is 2.48. The first-order valence-electron chi connectivity index (χ1n) is 6.29. The summed E-state index contributed by atoms with van der Waals surface area (Å²) in [5.41, 5.74) is 0. The van der Waals surface area contributed by atoms with Gasteiger partial charge in [-0.2, -0.15) is 5.10 Å². The lowest BCUT2D eigenvalue weighted by Crippen LogP contribution is -2.48. The van der Waals surface area contributed by atoms with Crippen LogP contribution in [-0.4, -0.2) is 54.4 Å². The summed E-state index contributed by atoms with van der Waals surface area (Å²) in [7, 11) is 1.78. The molecule has 0 saturated carbocycles. The van der Waals surface area contributed by atoms with Crippen molar-refractivity contribution in [3.05, 3.63) is 6.07 Å². The van der Waals surface area contributed by atoms with E-state index < -0.39 is 0 Å². The van der Waals surface area contributed by atoms with Gasteiger partial charge in [-0.15, -0.1) is 0 Å². The van der Waals surface area contributed by atoms with Gasteiger partial charge in [0.05, 0.1) is 0 Å². The van der Waals surface area contributed by atoms with Crippen LogP contribution in [0.15, 0.2) is 6.07 Å². The molecule has 0 spiro atoms. The summed E-state index contributed by atoms with van der Waals surface area (Å²) in [4.78, 5) is 13.6. The quantitative estimate of drug-likeness (QED) is 0.632. The minimum atomic E-state index is -0.0900. The summed E-state index contributed by atoms with van der Waals surface area (Å²) in [5.74, 6) is 1.31. The standard InChI is InChI=1S/C9H16N6O.C2H6/c1-10-7-6-8(14-13-7)12-9(16)15-4-2-11-3-5-15;1-2/h6,11H,2-5H2,1H3,(H3,10,12,13,14,16);1-2H3. The molecule has 1 fully saturated rings. The number of H-pyrrole nitrogens is 1. The molecule has 1 aromatic heterocycles. The number of rotatable bonds is 2. The minimum absolute atomic E-state index is 0.0900. The normalized spacial score (nSPS) is 14.5. The van der Waals surface area contributed by atoms with Crippen LogP contribution in [0.2, 0.25) is 0 Å². The highest BCUT2D eigenvalue weighted by Gasteiger charge is 2.16. The Morgan fingerprint density at radius 3 is 2.61 bits per heavy atom. The zero-order valence-corrected chi connectivity index (χ0v) is 11.2. The van der Waals surface area contributed by atoms with Gasteiger partial charge >= 0.3 is 6.03 Å². The fraction of sp³-hybridized carbons (Fsp3) is 0.636. The molecule has 2 heterocycles. The molecule has 4 N–H and O–H groups in total. The van der Waals surface area contributed by atoms with Crippen LogP contribution >= 0.6 is 0 Å². The number of aromatic nitrogens is 2. The Balaban J connectivity index is 0.000000771. The molecule has 7 nitrogen and oxygen atoms in total. The molecule has 18 heavy (non-hydrogen) atoms. The van der Waals surface area contributed by atoms with E-state index in [-0.39, 0.29) is 6.03 Å². The van der Waals surface area contributed by atoms with Gasteiger partial charge in [-0.3, -0.25) is 10.4 Å². The molecule has 0 atom stereocenters. The second kappa shape index (κ2) is 7.54. The molecule has 1 saturated heterocycles. The monoisotopic (exact) mass is 254 g/mol. The topological polar surface area (TPSA) is 85.1 Å². The maximum Gasteiger partial charge on any atom is 0.323 e. The molecular formula is C11H22N6O. The fourth-order valence-electron chi connectivity index (χ4n) is 1.58. The number of carbonyl (C=O) groups is 1. The van der Waals surface area contributed by atoms with Gasteiger partial charge < -0.3 is 15.5 Å². The van der Waals surface area contributed by atoms with Crippen molar-refractivity contribution >= 4 is 17.7 Å². The van der Waals surface area contributed by atoms with Crippen LogP contribution in [0.3, 0.4) is 0 Å². The van der Waals surface area contributed by atoms with Crippen LogP contribution < -0.4 is 16.0 Å². The van der Waals surface area contributed by atoms with E-state index in [0.717, 1.165) is 26.2 Å². The summed E-state index contributed by atoms with van der Waals surface area (Å²) < 4.78 is 0. The largest absolute Gasteiger partial charge is 0.372 e. The van der Waals surface area contributed by atoms with E-state index in [1.807, 2.05) is 13.8 Å². The van der Waals surface area contributed by atoms with E-state index in [2.05, 4.69) is 26.1 Å². The zero-order valence-electron chi connectivity index (χ0n) is 11.2. The molecule has 0 bridgehead atoms. The molecule has 2 amide bonds. The smallest absolute Gasteiger partial charge is 0.323 e. The molecule has 1 aliphatic rings. The summed E-state index contributed by atoms with van der Waals surface area (Å²) >= 11 is 0. The van der Waals surface area contributed by atoms with Crippen LogP contribution in [0.4, 0.5) is 16.4 Å². The molecular weight excluding hydrogens is 232 g/mol. The van der Waals surface area contributed by atoms with Crippen LogP contribution in [0.25, 0.3) is 0 Å². The number of hydrogen-bond acceptors (Lipinski definition) is 4. The SMILES string of the molecule is CC.CNc1cc(NC(=O)N2CCNCC2)[nH]n1. The maximum atomic E-state index is 11.8. The summed E-state index contributed by atoms with van der Waals surface area (Å²) in [6.07, 6.45) is 0. The summed E-state index contributed by atoms with van der Waals surface area (Å²) in [6.45, 7) is 7.16. The second-order valence-electron chi connectivity index (χ2n) is 3.58. The van der Waals surface area contributed by atoms with Crippen LogP contribution in [-0.2, 0) is 0 Å². The van der Waals surface area contributed by atoms with E-state index in [1.165, 1.54) is 0 Å². The van der Waals surface area contributed by atoms with Gasteiger partial charge in [0.15, 0.2) is 0 Å². The van der Waals surface area contributed by atoms with Crippen LogP contribution in [0.1, 0.15) is 13.8 Å². The van der Waals surface area contributed by atoms with Crippen LogP contribution in [0, 0.1) is 0 Å². The third kappa shape index (κ3) is 3.92. The fourth-order valence-corrected chi connectivity index (χ4v) is 1.58. The van der Waals surface area contributed by atoms with E-state index in [1.54, 1.807) is 18.0 Å². The van der Waals surface area contributed by atoms with E-state index in [0.29, 0.717) is 11.6 Å². The Morgan fingerprint density at radius 2 is 2.06 bits per heavy atom. The number of amides is 2. The first kappa shape index (κ1) is 14.3. The summed E-state index contributed by atoms with van der Waals surface area (Å²) in [5, 5.41) is 15.5. The van der Waals surface area contributed by atoms with Gasteiger partial charge in [0.1, 0.15) is 11.6 Å². The van der Waals surface area contributed by atoms with Crippen molar-refractivity contribution in [3.63, 3.8) is 0 Å². The second-order valence-corrected chi connectivity index (χ2v) is 3.58. The van der Waals surface area contributed by atoms with Gasteiger partial charge in [-0.25, -0.2) is 4.79 Å². The van der Waals surface area contributed by atoms with Crippen molar-refractivity contribution in [2.75, 3.05) is 43.9 Å². The van der Waals surface area contributed by atoms with E-state index >= 15 is 0 Å². The number of anilines is 2. The van der Waals surface area contributed by atoms with Crippen molar-refractivity contribution in [2.24, 2.45) is 0 Å². The Bertz CT molecular complexity index is 358. The predicted octanol–water partition coefficient (Wildman–Crippen LogP) is 0.915. The molecule has 102 valence electrons. The molecule has 0 aromatic carbocycles. The van der Waals surface area contributed by atoms with Gasteiger partial charge in [-0.05, 0) is 0 Å². The minimum Gasteiger partial charge on any atom is -0.372 e. The predicted molar refractivity (Wildman–Crippen MR) is 72.9 cm³/mol. The zero-order chi connectivity index (χ0) is 13.4. The number of hydrogen-bond donors (Lipinski definition) is 4. The van der Waals surface area contributed by atoms with E-state index in [9.17, 15) is 4.79 Å². The van der Waals surface area contributed by atoms with Gasteiger partial charge in [0, 0.05) is 39.3 Å². The Hall–Kier alpha value is -1.76. The number of aromatic amines is 1. The van der Waals surface area contributed by atoms with Gasteiger partial charge in [0.25, 0.3) is 0 Å². The number of nitrogens with zero attached hydrogens (tertiary/aromatic N) is 2. The number of urea groups is 1. The van der Waals surface area contributed by atoms with Crippen LogP contribution in [0.5, 0.6) is 0 Å². The highest BCUT2D eigenvalue weighted by Crippen LogP contribution is 2.09. The third-order valence-corrected chi connectivity index (χ3v) is 2.48. The lowest BCUT2D eigenvalue weighted by Gasteiger charge is -2.27. The Morgan fingerprint density at radius 1 is 1.39 bits per heavy atom. The molecule has 1 aliphatic heterocycles. The van der Waals surface area contributed by atoms with Crippen molar-refractivity contribution in [1.29, 1.82) is 0 Å². The lowest BCUT2D eigenvalue weighted by molar-refractivity contribution is 0.204. The van der Waals surface area contributed by atoms with Crippen molar-refractivity contribution < 1.29 is 4.79 Å². The maximum absolute atomic E-state index is 11.8. The number of nitrogens with one attached hydrogen (secondary N) is 4. The molecule has 2 rings (SSSR count). The first-order valence-corrected chi connectivity index (χ1v) is 6.29. The average Bonchev–Trinajstić information content (AvgIpc) is 2.89. The first-order chi connectivity index (χ1) is 8.79. The highest BCUT2D eigenvalue weighted by atomic mass is 16.2. The van der Waals surface area contributed by atoms with Crippen molar-refractivity contribution in [2.45, 2.75) is 13.8 Å². The van der Waals surface area contributed by atoms with Gasteiger partial charge in [0.2, 0.25) is 0 Å². The van der Waals surface area contributed by atoms with Crippen molar-refractivity contribution in [3.8, 4) is 0 Å². The van der Waals surface area contributed by atoms with E-state index in [4.69, 9.17) is 0 Å². The number of piperazine rings is 1. The molecule has 7 heteroatoms. The lowest BCUT2D eigenvalue weighted by atomic mass is 10.4. The number of carbonyl (C=O) groups excluding carboxylic acids is 1. The van der Waals surface area contributed by atoms with Crippen molar-refractivity contribution in [1.82, 2.24) is 20.4 Å². The molecule has 1 aromatic rings. The molecule has 0 radical (unpaired) electrons. The molecule has 0 aliphatic carbocycles. The Kier molecular flexibility index (Phi) is 5.99. The Labute approximate surface area is 107 Å². The van der Waals surface area contributed by atoms with Gasteiger partial charge in [-0.1, -0.05) is 13.8 Å². The average molecular weight is 254 g/mol. The summed E-state index contributed by atoms with van der Waals surface area (Å²) in [6, 6.07) is 1.66. The molecule has 0 unspecified atom stereocenters. The highest BCUT2D eigenvalue weighted by molar-refractivity contribution is 5.88.